The number of thioether (sulfide) groups is 1. The summed E-state index contributed by atoms with van der Waals surface area (Å²) in [5.74, 6) is 0.107. The Bertz CT molecular complexity index is 843. The third kappa shape index (κ3) is 5.51. The van der Waals surface area contributed by atoms with Gasteiger partial charge in [0.05, 0.1) is 11.6 Å². The van der Waals surface area contributed by atoms with Crippen molar-refractivity contribution in [3.63, 3.8) is 0 Å². The van der Waals surface area contributed by atoms with Crippen molar-refractivity contribution >= 4 is 29.7 Å². The normalized spacial score (nSPS) is 25.8. The van der Waals surface area contributed by atoms with E-state index < -0.39 is 11.6 Å². The molecular weight excluding hydrogens is 410 g/mol. The number of likely N-dealkylation sites (tertiary alicyclic amines) is 1. The number of aliphatic hydroxyl groups excluding tert-OH is 1. The van der Waals surface area contributed by atoms with Gasteiger partial charge in [-0.3, -0.25) is 9.59 Å². The number of aliphatic hydroxyl groups is 1. The van der Waals surface area contributed by atoms with Crippen molar-refractivity contribution in [1.82, 2.24) is 4.90 Å². The number of rotatable bonds is 6. The van der Waals surface area contributed by atoms with E-state index >= 15 is 0 Å². The number of amides is 2. The Kier molecular flexibility index (Phi) is 7.50. The van der Waals surface area contributed by atoms with Gasteiger partial charge in [0.15, 0.2) is 0 Å². The fourth-order valence-electron chi connectivity index (χ4n) is 4.61. The molecule has 1 aliphatic carbocycles. The van der Waals surface area contributed by atoms with Gasteiger partial charge in [0, 0.05) is 23.9 Å². The Morgan fingerprint density at radius 3 is 2.45 bits per heavy atom. The third-order valence-corrected chi connectivity index (χ3v) is 7.94. The lowest BCUT2D eigenvalue weighted by Crippen LogP contribution is -2.53. The Hall–Kier alpha value is -1.83. The van der Waals surface area contributed by atoms with Gasteiger partial charge in [-0.25, -0.2) is 0 Å². The molecule has 7 heteroatoms. The zero-order valence-electron chi connectivity index (χ0n) is 18.8. The van der Waals surface area contributed by atoms with E-state index in [2.05, 4.69) is 18.4 Å². The highest BCUT2D eigenvalue weighted by Crippen LogP contribution is 2.35. The van der Waals surface area contributed by atoms with Gasteiger partial charge in [-0.05, 0) is 85.8 Å². The molecule has 5 N–H and O–H groups in total. The van der Waals surface area contributed by atoms with Gasteiger partial charge >= 0.3 is 0 Å². The number of nitrogens with zero attached hydrogens (tertiary/aromatic N) is 1. The molecule has 31 heavy (non-hydrogen) atoms. The van der Waals surface area contributed by atoms with Crippen molar-refractivity contribution in [2.45, 2.75) is 69.8 Å². The molecule has 170 valence electrons. The number of primary amides is 1. The van der Waals surface area contributed by atoms with Crippen LogP contribution in [0.5, 0.6) is 0 Å². The molecule has 0 aromatic heterocycles. The van der Waals surface area contributed by atoms with Crippen molar-refractivity contribution < 1.29 is 14.7 Å². The quantitative estimate of drug-likeness (QED) is 0.583. The molecule has 1 saturated heterocycles. The second-order valence-corrected chi connectivity index (χ2v) is 10.5. The smallest absolute Gasteiger partial charge is 0.254 e. The maximum absolute atomic E-state index is 12.5. The molecule has 1 heterocycles. The predicted molar refractivity (Wildman–Crippen MR) is 127 cm³/mol. The average molecular weight is 446 g/mol. The molecule has 2 fully saturated rings. The zero-order chi connectivity index (χ0) is 22.8. The average Bonchev–Trinajstić information content (AvgIpc) is 2.89. The lowest BCUT2D eigenvalue weighted by molar-refractivity contribution is -0.123. The van der Waals surface area contributed by atoms with Crippen LogP contribution >= 0.6 is 11.8 Å². The molecule has 0 spiro atoms. The fraction of sp³-hybridized carbons (Fsp3) is 0.583. The SMILES string of the molecule is Cc1cc(C(=O)N2CC(O)C2)cc(C)c1/C=C/S[C@@H](C)C1CCCC(N)(C(N)=O)CC1. The number of carbonyl (C=O) groups is 2. The van der Waals surface area contributed by atoms with Gasteiger partial charge in [-0.1, -0.05) is 13.3 Å². The van der Waals surface area contributed by atoms with Crippen LogP contribution in [0.3, 0.4) is 0 Å². The first-order chi connectivity index (χ1) is 14.6. The number of carbonyl (C=O) groups excluding carboxylic acids is 2. The maximum Gasteiger partial charge on any atom is 0.254 e. The molecule has 0 radical (unpaired) electrons. The molecule has 1 saturated carbocycles. The first-order valence-corrected chi connectivity index (χ1v) is 12.0. The van der Waals surface area contributed by atoms with Crippen molar-refractivity contribution in [3.8, 4) is 0 Å². The van der Waals surface area contributed by atoms with Crippen molar-refractivity contribution in [1.29, 1.82) is 0 Å². The third-order valence-electron chi connectivity index (χ3n) is 6.83. The van der Waals surface area contributed by atoms with Crippen LogP contribution in [0.4, 0.5) is 0 Å². The minimum atomic E-state index is -0.851. The van der Waals surface area contributed by atoms with Crippen LogP contribution in [0.1, 0.15) is 66.1 Å². The van der Waals surface area contributed by atoms with Gasteiger partial charge < -0.3 is 21.5 Å². The van der Waals surface area contributed by atoms with Crippen LogP contribution in [0.25, 0.3) is 6.08 Å². The van der Waals surface area contributed by atoms with Crippen molar-refractivity contribution in [2.75, 3.05) is 13.1 Å². The number of hydrogen-bond donors (Lipinski definition) is 3. The minimum Gasteiger partial charge on any atom is -0.389 e. The largest absolute Gasteiger partial charge is 0.389 e. The number of aryl methyl sites for hydroxylation is 2. The lowest BCUT2D eigenvalue weighted by Gasteiger charge is -2.36. The summed E-state index contributed by atoms with van der Waals surface area (Å²) in [5, 5.41) is 12.0. The van der Waals surface area contributed by atoms with Crippen LogP contribution in [-0.2, 0) is 4.79 Å². The topological polar surface area (TPSA) is 110 Å². The molecule has 1 aromatic rings. The monoisotopic (exact) mass is 445 g/mol. The van der Waals surface area contributed by atoms with E-state index in [0.717, 1.165) is 36.0 Å². The van der Waals surface area contributed by atoms with Gasteiger partial charge in [-0.15, -0.1) is 11.8 Å². The Morgan fingerprint density at radius 2 is 1.87 bits per heavy atom. The summed E-state index contributed by atoms with van der Waals surface area (Å²) < 4.78 is 0. The molecule has 2 amide bonds. The van der Waals surface area contributed by atoms with Crippen LogP contribution in [0.2, 0.25) is 0 Å². The molecule has 2 aliphatic rings. The van der Waals surface area contributed by atoms with Crippen LogP contribution < -0.4 is 11.5 Å². The second-order valence-electron chi connectivity index (χ2n) is 9.24. The van der Waals surface area contributed by atoms with Crippen LogP contribution in [0, 0.1) is 19.8 Å². The number of β-amino-alcohol motifs (C(OH)–C–C–N with tert-alkyl or cyclic N) is 1. The molecular formula is C24H35N3O3S. The zero-order valence-corrected chi connectivity index (χ0v) is 19.6. The molecule has 0 bridgehead atoms. The Balaban J connectivity index is 1.60. The minimum absolute atomic E-state index is 0.0182. The van der Waals surface area contributed by atoms with E-state index in [1.165, 1.54) is 0 Å². The second kappa shape index (κ2) is 9.76. The van der Waals surface area contributed by atoms with E-state index in [4.69, 9.17) is 11.5 Å². The van der Waals surface area contributed by atoms with E-state index in [1.807, 2.05) is 26.0 Å². The van der Waals surface area contributed by atoms with Crippen molar-refractivity contribution in [3.05, 3.63) is 39.8 Å². The number of hydrogen-bond acceptors (Lipinski definition) is 5. The first kappa shape index (κ1) is 23.8. The summed E-state index contributed by atoms with van der Waals surface area (Å²) in [4.78, 5) is 25.9. The summed E-state index contributed by atoms with van der Waals surface area (Å²) in [6.45, 7) is 7.12. The van der Waals surface area contributed by atoms with E-state index in [1.54, 1.807) is 16.7 Å². The molecule has 1 aliphatic heterocycles. The maximum atomic E-state index is 12.5. The summed E-state index contributed by atoms with van der Waals surface area (Å²) >= 11 is 1.80. The van der Waals surface area contributed by atoms with Gasteiger partial charge in [-0.2, -0.15) is 0 Å². The summed E-state index contributed by atoms with van der Waals surface area (Å²) in [6, 6.07) is 3.87. The van der Waals surface area contributed by atoms with E-state index in [0.29, 0.717) is 42.7 Å². The fourth-order valence-corrected chi connectivity index (χ4v) is 5.57. The highest BCUT2D eigenvalue weighted by atomic mass is 32.2. The summed E-state index contributed by atoms with van der Waals surface area (Å²) in [5.41, 5.74) is 14.8. The van der Waals surface area contributed by atoms with Gasteiger partial charge in [0.1, 0.15) is 0 Å². The van der Waals surface area contributed by atoms with E-state index in [-0.39, 0.29) is 11.8 Å². The van der Waals surface area contributed by atoms with Crippen molar-refractivity contribution in [2.24, 2.45) is 17.4 Å². The molecule has 3 rings (SSSR count). The summed E-state index contributed by atoms with van der Waals surface area (Å²) in [7, 11) is 0. The molecule has 1 aromatic carbocycles. The van der Waals surface area contributed by atoms with Crippen LogP contribution in [0.15, 0.2) is 17.5 Å². The molecule has 6 nitrogen and oxygen atoms in total. The van der Waals surface area contributed by atoms with E-state index in [9.17, 15) is 14.7 Å². The standard InChI is InChI=1S/C24H35N3O3S/c1-15-11-19(22(29)27-13-20(28)14-27)12-16(2)21(15)7-10-31-17(3)18-5-4-8-24(26,9-6-18)23(25)30/h7,10-12,17-18,20,28H,4-6,8-9,13-14,26H2,1-3H3,(H2,25,30)/b10-7+/t17-,18?,24?/m0/s1. The number of nitrogens with two attached hydrogens (primary N) is 2. The Labute approximate surface area is 189 Å². The van der Waals surface area contributed by atoms with Gasteiger partial charge in [0.25, 0.3) is 5.91 Å². The highest BCUT2D eigenvalue weighted by molar-refractivity contribution is 8.02. The first-order valence-electron chi connectivity index (χ1n) is 11.1. The predicted octanol–water partition coefficient (Wildman–Crippen LogP) is 2.98. The molecule has 3 atom stereocenters. The van der Waals surface area contributed by atoms with Gasteiger partial charge in [0.2, 0.25) is 5.91 Å². The Morgan fingerprint density at radius 1 is 1.23 bits per heavy atom. The molecule has 2 unspecified atom stereocenters. The van der Waals surface area contributed by atoms with Crippen LogP contribution in [-0.4, -0.2) is 51.8 Å². The lowest BCUT2D eigenvalue weighted by atomic mass is 9.90. The highest BCUT2D eigenvalue weighted by Gasteiger charge is 2.35. The summed E-state index contributed by atoms with van der Waals surface area (Å²) in [6.07, 6.45) is 5.98. The number of benzene rings is 1.